The first-order valence-electron chi connectivity index (χ1n) is 5.46. The van der Waals surface area contributed by atoms with Crippen molar-refractivity contribution in [3.05, 3.63) is 36.4 Å². The van der Waals surface area contributed by atoms with E-state index in [0.717, 1.165) is 23.6 Å². The minimum absolute atomic E-state index is 0.197. The summed E-state index contributed by atoms with van der Waals surface area (Å²) in [5.74, 6) is 0.197. The summed E-state index contributed by atoms with van der Waals surface area (Å²) in [5, 5.41) is 20.2. The van der Waals surface area contributed by atoms with Gasteiger partial charge in [-0.2, -0.15) is 10.2 Å². The number of azo groups is 1. The highest BCUT2D eigenvalue weighted by molar-refractivity contribution is 5.95. The zero-order valence-electron chi connectivity index (χ0n) is 8.80. The maximum Gasteiger partial charge on any atom is 0.143 e. The molecule has 2 aromatic rings. The van der Waals surface area contributed by atoms with E-state index in [0.29, 0.717) is 11.7 Å². The van der Waals surface area contributed by atoms with Gasteiger partial charge in [0.25, 0.3) is 0 Å². The van der Waals surface area contributed by atoms with Crippen LogP contribution in [0.3, 0.4) is 0 Å². The molecule has 16 heavy (non-hydrogen) atoms. The molecule has 1 aliphatic rings. The molecule has 0 spiro atoms. The number of rotatable bonds is 2. The second-order valence-electron chi connectivity index (χ2n) is 4.10. The second-order valence-corrected chi connectivity index (χ2v) is 4.10. The molecule has 0 unspecified atom stereocenters. The molecule has 1 aliphatic carbocycles. The zero-order valence-corrected chi connectivity index (χ0v) is 8.80. The number of benzene rings is 2. The highest BCUT2D eigenvalue weighted by atomic mass is 16.3. The summed E-state index contributed by atoms with van der Waals surface area (Å²) < 4.78 is 0. The minimum Gasteiger partial charge on any atom is -0.506 e. The van der Waals surface area contributed by atoms with Crippen molar-refractivity contribution in [1.29, 1.82) is 0 Å². The van der Waals surface area contributed by atoms with Gasteiger partial charge in [-0.15, -0.1) is 0 Å². The first-order valence-corrected chi connectivity index (χ1v) is 5.46. The summed E-state index contributed by atoms with van der Waals surface area (Å²) in [5.41, 5.74) is 0.588. The van der Waals surface area contributed by atoms with E-state index in [-0.39, 0.29) is 5.75 Å². The number of phenolic OH excluding ortho intramolecular Hbond substituents is 1. The third kappa shape index (κ3) is 1.65. The van der Waals surface area contributed by atoms with Gasteiger partial charge >= 0.3 is 0 Å². The Bertz CT molecular complexity index is 559. The molecular weight excluding hydrogens is 200 g/mol. The molecule has 0 bridgehead atoms. The molecule has 0 aliphatic heterocycles. The molecule has 0 radical (unpaired) electrons. The van der Waals surface area contributed by atoms with E-state index in [2.05, 4.69) is 10.2 Å². The van der Waals surface area contributed by atoms with Crippen molar-refractivity contribution in [2.75, 3.05) is 0 Å². The van der Waals surface area contributed by atoms with Crippen LogP contribution in [0.4, 0.5) is 5.69 Å². The van der Waals surface area contributed by atoms with Crippen molar-refractivity contribution in [3.63, 3.8) is 0 Å². The molecule has 1 saturated carbocycles. The van der Waals surface area contributed by atoms with Crippen LogP contribution in [0.1, 0.15) is 12.8 Å². The van der Waals surface area contributed by atoms with Crippen molar-refractivity contribution in [1.82, 2.24) is 0 Å². The third-order valence-electron chi connectivity index (χ3n) is 2.75. The summed E-state index contributed by atoms with van der Waals surface area (Å²) in [6.07, 6.45) is 2.24. The van der Waals surface area contributed by atoms with Crippen LogP contribution in [0.25, 0.3) is 10.8 Å². The maximum absolute atomic E-state index is 9.79. The Balaban J connectivity index is 2.15. The number of nitrogens with zero attached hydrogens (tertiary/aromatic N) is 2. The molecule has 80 valence electrons. The van der Waals surface area contributed by atoms with Gasteiger partial charge in [0, 0.05) is 5.39 Å². The molecule has 0 aromatic heterocycles. The first kappa shape index (κ1) is 9.33. The van der Waals surface area contributed by atoms with Crippen molar-refractivity contribution >= 4 is 16.5 Å². The second kappa shape index (κ2) is 3.59. The number of phenols is 1. The van der Waals surface area contributed by atoms with Crippen LogP contribution >= 0.6 is 0 Å². The predicted molar refractivity (Wildman–Crippen MR) is 63.2 cm³/mol. The normalized spacial score (nSPS) is 16.0. The molecular formula is C13H12N2O. The molecule has 0 atom stereocenters. The van der Waals surface area contributed by atoms with Crippen LogP contribution < -0.4 is 0 Å². The van der Waals surface area contributed by atoms with E-state index in [1.54, 1.807) is 6.07 Å². The summed E-state index contributed by atoms with van der Waals surface area (Å²) in [6, 6.07) is 11.8. The van der Waals surface area contributed by atoms with Crippen LogP contribution in [0, 0.1) is 0 Å². The van der Waals surface area contributed by atoms with Crippen LogP contribution in [0.5, 0.6) is 5.75 Å². The van der Waals surface area contributed by atoms with Crippen LogP contribution in [-0.2, 0) is 0 Å². The Kier molecular flexibility index (Phi) is 2.10. The van der Waals surface area contributed by atoms with Crippen molar-refractivity contribution in [3.8, 4) is 5.75 Å². The number of fused-ring (bicyclic) bond motifs is 1. The lowest BCUT2D eigenvalue weighted by molar-refractivity contribution is 0.477. The Morgan fingerprint density at radius 2 is 1.88 bits per heavy atom. The minimum atomic E-state index is 0.197. The maximum atomic E-state index is 9.79. The molecule has 0 amide bonds. The topological polar surface area (TPSA) is 45.0 Å². The van der Waals surface area contributed by atoms with Gasteiger partial charge in [0.05, 0.1) is 6.04 Å². The fourth-order valence-corrected chi connectivity index (χ4v) is 1.68. The van der Waals surface area contributed by atoms with Gasteiger partial charge in [0.1, 0.15) is 11.4 Å². The van der Waals surface area contributed by atoms with Crippen molar-refractivity contribution in [2.24, 2.45) is 10.2 Å². The standard InChI is InChI=1S/C13H12N2O/c16-12-8-5-9-3-1-2-4-11(9)13(12)15-14-10-6-7-10/h1-5,8,10,16H,6-7H2. The molecule has 3 rings (SSSR count). The summed E-state index contributed by atoms with van der Waals surface area (Å²) in [7, 11) is 0. The van der Waals surface area contributed by atoms with E-state index in [1.165, 1.54) is 0 Å². The van der Waals surface area contributed by atoms with E-state index in [1.807, 2.05) is 30.3 Å². The molecule has 1 N–H and O–H groups in total. The highest BCUT2D eigenvalue weighted by Gasteiger charge is 2.20. The average molecular weight is 212 g/mol. The SMILES string of the molecule is Oc1ccc2ccccc2c1N=NC1CC1. The largest absolute Gasteiger partial charge is 0.506 e. The first-order chi connectivity index (χ1) is 7.84. The Morgan fingerprint density at radius 3 is 2.69 bits per heavy atom. The van der Waals surface area contributed by atoms with Crippen molar-refractivity contribution in [2.45, 2.75) is 18.9 Å². The van der Waals surface area contributed by atoms with Crippen LogP contribution in [0.2, 0.25) is 0 Å². The molecule has 0 heterocycles. The predicted octanol–water partition coefficient (Wildman–Crippen LogP) is 3.79. The summed E-state index contributed by atoms with van der Waals surface area (Å²) >= 11 is 0. The lowest BCUT2D eigenvalue weighted by Crippen LogP contribution is -1.76. The van der Waals surface area contributed by atoms with Gasteiger partial charge in [0.2, 0.25) is 0 Å². The zero-order chi connectivity index (χ0) is 11.0. The fraction of sp³-hybridized carbons (Fsp3) is 0.231. The van der Waals surface area contributed by atoms with Gasteiger partial charge < -0.3 is 5.11 Å². The monoisotopic (exact) mass is 212 g/mol. The summed E-state index contributed by atoms with van der Waals surface area (Å²) in [4.78, 5) is 0. The Morgan fingerprint density at radius 1 is 1.06 bits per heavy atom. The van der Waals surface area contributed by atoms with E-state index in [4.69, 9.17) is 0 Å². The average Bonchev–Trinajstić information content (AvgIpc) is 3.12. The number of aromatic hydroxyl groups is 1. The van der Waals surface area contributed by atoms with E-state index < -0.39 is 0 Å². The molecule has 1 fully saturated rings. The molecule has 3 heteroatoms. The van der Waals surface area contributed by atoms with Gasteiger partial charge in [-0.1, -0.05) is 30.3 Å². The highest BCUT2D eigenvalue weighted by Crippen LogP contribution is 2.36. The van der Waals surface area contributed by atoms with Gasteiger partial charge in [-0.05, 0) is 24.3 Å². The Hall–Kier alpha value is -1.90. The van der Waals surface area contributed by atoms with Gasteiger partial charge in [-0.25, -0.2) is 0 Å². The molecule has 0 saturated heterocycles. The smallest absolute Gasteiger partial charge is 0.143 e. The number of hydrogen-bond donors (Lipinski definition) is 1. The molecule has 3 nitrogen and oxygen atoms in total. The summed E-state index contributed by atoms with van der Waals surface area (Å²) in [6.45, 7) is 0. The van der Waals surface area contributed by atoms with Crippen LogP contribution in [-0.4, -0.2) is 11.1 Å². The lowest BCUT2D eigenvalue weighted by atomic mass is 10.1. The van der Waals surface area contributed by atoms with E-state index >= 15 is 0 Å². The quantitative estimate of drug-likeness (QED) is 0.756. The number of hydrogen-bond acceptors (Lipinski definition) is 3. The molecule has 2 aromatic carbocycles. The van der Waals surface area contributed by atoms with Crippen molar-refractivity contribution < 1.29 is 5.11 Å². The third-order valence-corrected chi connectivity index (χ3v) is 2.75. The Labute approximate surface area is 93.4 Å². The fourth-order valence-electron chi connectivity index (χ4n) is 1.68. The van der Waals surface area contributed by atoms with Gasteiger partial charge in [-0.3, -0.25) is 0 Å². The van der Waals surface area contributed by atoms with E-state index in [9.17, 15) is 5.11 Å². The van der Waals surface area contributed by atoms with Crippen LogP contribution in [0.15, 0.2) is 46.6 Å². The lowest BCUT2D eigenvalue weighted by Gasteiger charge is -2.03. The van der Waals surface area contributed by atoms with Gasteiger partial charge in [0.15, 0.2) is 0 Å².